The smallest absolute Gasteiger partial charge is 0.225 e. The van der Waals surface area contributed by atoms with E-state index in [2.05, 4.69) is 68.0 Å². The monoisotopic (exact) mass is 428 g/mol. The first-order chi connectivity index (χ1) is 15.6. The summed E-state index contributed by atoms with van der Waals surface area (Å²) in [7, 11) is 0. The number of aryl methyl sites for hydroxylation is 1. The topological polar surface area (TPSA) is 50.3 Å². The molecule has 0 bridgehead atoms. The third-order valence-corrected chi connectivity index (χ3v) is 5.15. The highest BCUT2D eigenvalue weighted by Crippen LogP contribution is 2.34. The lowest BCUT2D eigenvalue weighted by molar-refractivity contribution is 0.297. The molecule has 0 saturated carbocycles. The van der Waals surface area contributed by atoms with Crippen molar-refractivity contribution < 1.29 is 4.74 Å². The van der Waals surface area contributed by atoms with Crippen LogP contribution in [0.25, 0.3) is 5.76 Å². The second-order valence-corrected chi connectivity index (χ2v) is 7.46. The number of allylic oxidation sites excluding steroid dienone is 1. The van der Waals surface area contributed by atoms with Crippen LogP contribution in [0.3, 0.4) is 0 Å². The van der Waals surface area contributed by atoms with Gasteiger partial charge in [-0.2, -0.15) is 4.98 Å². The van der Waals surface area contributed by atoms with E-state index in [9.17, 15) is 0 Å². The van der Waals surface area contributed by atoms with Crippen LogP contribution in [0.15, 0.2) is 79.6 Å². The van der Waals surface area contributed by atoms with Crippen LogP contribution in [0.2, 0.25) is 0 Å². The number of para-hydroxylation sites is 1. The fraction of sp³-hybridized carbons (Fsp3) is 0.259. The van der Waals surface area contributed by atoms with Crippen molar-refractivity contribution in [2.75, 3.05) is 16.8 Å². The van der Waals surface area contributed by atoms with E-state index in [1.807, 2.05) is 48.4 Å². The van der Waals surface area contributed by atoms with E-state index in [0.29, 0.717) is 12.6 Å². The van der Waals surface area contributed by atoms with Crippen molar-refractivity contribution in [3.05, 3.63) is 96.3 Å². The van der Waals surface area contributed by atoms with Crippen molar-refractivity contribution in [2.24, 2.45) is 0 Å². The Kier molecular flexibility index (Phi) is 8.03. The van der Waals surface area contributed by atoms with Crippen LogP contribution >= 0.6 is 0 Å². The molecule has 1 N–H and O–H groups in total. The summed E-state index contributed by atoms with van der Waals surface area (Å²) in [5.74, 6) is 2.04. The summed E-state index contributed by atoms with van der Waals surface area (Å²) in [6, 6.07) is 18.5. The molecule has 0 radical (unpaired) electrons. The molecule has 0 saturated heterocycles. The zero-order valence-electron chi connectivity index (χ0n) is 19.4. The van der Waals surface area contributed by atoms with Crippen molar-refractivity contribution in [3.8, 4) is 0 Å². The van der Waals surface area contributed by atoms with Gasteiger partial charge in [-0.1, -0.05) is 62.0 Å². The number of hydrogen-bond donors (Lipinski definition) is 1. The second-order valence-electron chi connectivity index (χ2n) is 7.46. The van der Waals surface area contributed by atoms with E-state index in [4.69, 9.17) is 9.72 Å². The molecule has 3 aromatic rings. The molecule has 0 aliphatic heterocycles. The molecule has 2 aromatic carbocycles. The molecule has 0 amide bonds. The summed E-state index contributed by atoms with van der Waals surface area (Å²) in [6.45, 7) is 12.9. The Labute approximate surface area is 191 Å². The summed E-state index contributed by atoms with van der Waals surface area (Å²) >= 11 is 0. The molecule has 5 nitrogen and oxygen atoms in total. The van der Waals surface area contributed by atoms with Gasteiger partial charge in [0.2, 0.25) is 5.95 Å². The average Bonchev–Trinajstić information content (AvgIpc) is 2.81. The second kappa shape index (κ2) is 11.1. The van der Waals surface area contributed by atoms with Gasteiger partial charge in [0.25, 0.3) is 0 Å². The van der Waals surface area contributed by atoms with Crippen molar-refractivity contribution in [1.82, 2.24) is 9.97 Å². The van der Waals surface area contributed by atoms with Crippen LogP contribution in [0.1, 0.15) is 49.9 Å². The number of rotatable bonds is 10. The molecule has 1 atom stereocenters. The van der Waals surface area contributed by atoms with Crippen molar-refractivity contribution in [3.63, 3.8) is 0 Å². The lowest BCUT2D eigenvalue weighted by Crippen LogP contribution is -2.17. The van der Waals surface area contributed by atoms with E-state index in [0.717, 1.165) is 34.8 Å². The maximum absolute atomic E-state index is 5.96. The van der Waals surface area contributed by atoms with Crippen molar-refractivity contribution in [1.29, 1.82) is 0 Å². The van der Waals surface area contributed by atoms with Crippen LogP contribution < -0.4 is 10.2 Å². The highest BCUT2D eigenvalue weighted by molar-refractivity contribution is 5.77. The summed E-state index contributed by atoms with van der Waals surface area (Å²) < 4.78 is 5.96. The minimum atomic E-state index is 0.0584. The number of hydrogen-bond acceptors (Lipinski definition) is 5. The van der Waals surface area contributed by atoms with E-state index in [-0.39, 0.29) is 6.04 Å². The predicted octanol–water partition coefficient (Wildman–Crippen LogP) is 7.03. The van der Waals surface area contributed by atoms with Gasteiger partial charge in [-0.15, -0.1) is 0 Å². The Morgan fingerprint density at radius 1 is 1.12 bits per heavy atom. The molecule has 166 valence electrons. The lowest BCUT2D eigenvalue weighted by Gasteiger charge is -2.25. The Bertz CT molecular complexity index is 1060. The fourth-order valence-corrected chi connectivity index (χ4v) is 3.54. The molecule has 1 aromatic heterocycles. The molecule has 0 aliphatic carbocycles. The Hall–Kier alpha value is -3.60. The molecule has 5 heteroatoms. The molecule has 3 rings (SSSR count). The average molecular weight is 429 g/mol. The SMILES string of the molecule is C=CN(c1ccccc1C)c1nc(N[C@@H](C)c2ccccc2)ncc1/C(=C/CC)OCC. The highest BCUT2D eigenvalue weighted by Gasteiger charge is 2.20. The molecule has 32 heavy (non-hydrogen) atoms. The molecule has 0 unspecified atom stereocenters. The minimum absolute atomic E-state index is 0.0584. The third kappa shape index (κ3) is 5.35. The summed E-state index contributed by atoms with van der Waals surface area (Å²) in [6.07, 6.45) is 6.52. The first-order valence-electron chi connectivity index (χ1n) is 11.1. The largest absolute Gasteiger partial charge is 0.493 e. The van der Waals surface area contributed by atoms with Gasteiger partial charge in [0.1, 0.15) is 5.76 Å². The highest BCUT2D eigenvalue weighted by atomic mass is 16.5. The molecule has 0 fully saturated rings. The zero-order valence-corrected chi connectivity index (χ0v) is 19.4. The van der Waals surface area contributed by atoms with Crippen LogP contribution in [-0.4, -0.2) is 16.6 Å². The predicted molar refractivity (Wildman–Crippen MR) is 134 cm³/mol. The van der Waals surface area contributed by atoms with Crippen molar-refractivity contribution in [2.45, 2.75) is 40.2 Å². The number of nitrogens with one attached hydrogen (secondary N) is 1. The van der Waals surface area contributed by atoms with Gasteiger partial charge in [-0.05, 0) is 50.5 Å². The number of aromatic nitrogens is 2. The maximum Gasteiger partial charge on any atom is 0.225 e. The lowest BCUT2D eigenvalue weighted by atomic mass is 10.1. The van der Waals surface area contributed by atoms with E-state index < -0.39 is 0 Å². The zero-order chi connectivity index (χ0) is 22.9. The number of nitrogens with zero attached hydrogens (tertiary/aromatic N) is 3. The van der Waals surface area contributed by atoms with Gasteiger partial charge in [0.15, 0.2) is 5.82 Å². The van der Waals surface area contributed by atoms with E-state index >= 15 is 0 Å². The maximum atomic E-state index is 5.96. The fourth-order valence-electron chi connectivity index (χ4n) is 3.54. The summed E-state index contributed by atoms with van der Waals surface area (Å²) in [4.78, 5) is 11.5. The van der Waals surface area contributed by atoms with Crippen LogP contribution in [0.5, 0.6) is 0 Å². The molecule has 1 heterocycles. The summed E-state index contributed by atoms with van der Waals surface area (Å²) in [5, 5.41) is 3.43. The Morgan fingerprint density at radius 2 is 1.84 bits per heavy atom. The number of ether oxygens (including phenoxy) is 1. The van der Waals surface area contributed by atoms with Crippen LogP contribution in [0.4, 0.5) is 17.5 Å². The standard InChI is InChI=1S/C27H32N4O/c1-6-14-25(32-8-3)23-19-28-27(29-21(5)22-16-10-9-11-17-22)30-26(23)31(7-2)24-18-13-12-15-20(24)4/h7,9-19,21H,2,6,8H2,1,3-5H3,(H,28,29,30)/b25-14-/t21-/m0/s1. The quantitative estimate of drug-likeness (QED) is 0.351. The van der Waals surface area contributed by atoms with Crippen LogP contribution in [0, 0.1) is 6.92 Å². The normalized spacial score (nSPS) is 12.2. The first kappa shape index (κ1) is 23.1. The molecular formula is C27H32N4O. The van der Waals surface area contributed by atoms with E-state index in [1.165, 1.54) is 5.56 Å². The van der Waals surface area contributed by atoms with Gasteiger partial charge in [-0.3, -0.25) is 0 Å². The summed E-state index contributed by atoms with van der Waals surface area (Å²) in [5.41, 5.74) is 4.13. The van der Waals surface area contributed by atoms with Gasteiger partial charge in [-0.25, -0.2) is 4.98 Å². The molecule has 0 spiro atoms. The molecular weight excluding hydrogens is 396 g/mol. The Morgan fingerprint density at radius 3 is 2.50 bits per heavy atom. The molecule has 0 aliphatic rings. The number of anilines is 3. The Balaban J connectivity index is 2.09. The van der Waals surface area contributed by atoms with Crippen LogP contribution in [-0.2, 0) is 4.74 Å². The van der Waals surface area contributed by atoms with Gasteiger partial charge >= 0.3 is 0 Å². The van der Waals surface area contributed by atoms with Gasteiger partial charge < -0.3 is 15.0 Å². The number of benzene rings is 2. The van der Waals surface area contributed by atoms with Gasteiger partial charge in [0, 0.05) is 18.1 Å². The van der Waals surface area contributed by atoms with Crippen molar-refractivity contribution >= 4 is 23.2 Å². The minimum Gasteiger partial charge on any atom is -0.493 e. The first-order valence-corrected chi connectivity index (χ1v) is 11.1. The third-order valence-electron chi connectivity index (χ3n) is 5.15. The van der Waals surface area contributed by atoms with Gasteiger partial charge in [0.05, 0.1) is 18.2 Å². The van der Waals surface area contributed by atoms with E-state index in [1.54, 1.807) is 6.20 Å².